The average Bonchev–Trinajstić information content (AvgIpc) is 2.95. The van der Waals surface area contributed by atoms with Crippen LogP contribution >= 0.6 is 0 Å². The molecule has 1 unspecified atom stereocenters. The molecule has 0 saturated carbocycles. The van der Waals surface area contributed by atoms with Crippen LogP contribution < -0.4 is 5.32 Å². The number of benzene rings is 1. The van der Waals surface area contributed by atoms with Gasteiger partial charge in [-0.15, -0.1) is 0 Å². The molecule has 1 aliphatic rings. The number of nitrogens with zero attached hydrogens (tertiary/aromatic N) is 2. The van der Waals surface area contributed by atoms with Crippen molar-refractivity contribution in [2.75, 3.05) is 27.2 Å². The first-order chi connectivity index (χ1) is 9.70. The molecule has 0 aliphatic carbocycles. The Morgan fingerprint density at radius 1 is 1.45 bits per heavy atom. The van der Waals surface area contributed by atoms with Crippen LogP contribution in [0.25, 0.3) is 0 Å². The maximum Gasteiger partial charge on any atom is 0.193 e. The van der Waals surface area contributed by atoms with Gasteiger partial charge in [-0.25, -0.2) is 0 Å². The Balaban J connectivity index is 1.88. The van der Waals surface area contributed by atoms with Crippen molar-refractivity contribution in [3.05, 3.63) is 35.4 Å². The van der Waals surface area contributed by atoms with E-state index >= 15 is 0 Å². The third-order valence-corrected chi connectivity index (χ3v) is 3.75. The average molecular weight is 275 g/mol. The number of hydrogen-bond acceptors (Lipinski definition) is 2. The van der Waals surface area contributed by atoms with E-state index in [4.69, 9.17) is 4.74 Å². The van der Waals surface area contributed by atoms with E-state index in [0.717, 1.165) is 32.1 Å². The summed E-state index contributed by atoms with van der Waals surface area (Å²) in [5, 5.41) is 3.40. The van der Waals surface area contributed by atoms with Gasteiger partial charge in [0.05, 0.1) is 6.10 Å². The van der Waals surface area contributed by atoms with Gasteiger partial charge in [0.2, 0.25) is 0 Å². The maximum absolute atomic E-state index is 5.63. The summed E-state index contributed by atoms with van der Waals surface area (Å²) in [6.07, 6.45) is 2.65. The number of aliphatic imine (C=N–C) groups is 1. The minimum absolute atomic E-state index is 0.332. The van der Waals surface area contributed by atoms with E-state index in [1.54, 1.807) is 0 Å². The van der Waals surface area contributed by atoms with Gasteiger partial charge in [-0.1, -0.05) is 24.3 Å². The summed E-state index contributed by atoms with van der Waals surface area (Å²) in [4.78, 5) is 6.50. The molecule has 110 valence electrons. The molecule has 1 fully saturated rings. The standard InChI is InChI=1S/C16H25N3O/c1-13-7-4-5-8-14(13)12-19(3)16(17-2)18-11-15-9-6-10-20-15/h4-5,7-8,15H,6,9-12H2,1-3H3,(H,17,18). The van der Waals surface area contributed by atoms with Crippen LogP contribution in [0, 0.1) is 6.92 Å². The van der Waals surface area contributed by atoms with E-state index in [1.165, 1.54) is 17.5 Å². The van der Waals surface area contributed by atoms with Crippen molar-refractivity contribution in [1.29, 1.82) is 0 Å². The molecule has 20 heavy (non-hydrogen) atoms. The molecular formula is C16H25N3O. The Labute approximate surface area is 121 Å². The van der Waals surface area contributed by atoms with Gasteiger partial charge in [0.15, 0.2) is 5.96 Å². The smallest absolute Gasteiger partial charge is 0.193 e. The van der Waals surface area contributed by atoms with E-state index in [2.05, 4.69) is 53.4 Å². The van der Waals surface area contributed by atoms with Gasteiger partial charge in [-0.2, -0.15) is 0 Å². The number of ether oxygens (including phenoxy) is 1. The zero-order chi connectivity index (χ0) is 14.4. The maximum atomic E-state index is 5.63. The molecule has 1 aromatic carbocycles. The molecule has 1 aromatic rings. The number of nitrogens with one attached hydrogen (secondary N) is 1. The van der Waals surface area contributed by atoms with Gasteiger partial charge in [0.1, 0.15) is 0 Å². The van der Waals surface area contributed by atoms with Crippen molar-refractivity contribution in [1.82, 2.24) is 10.2 Å². The first kappa shape index (κ1) is 14.9. The molecule has 2 rings (SSSR count). The zero-order valence-corrected chi connectivity index (χ0v) is 12.7. The van der Waals surface area contributed by atoms with Crippen molar-refractivity contribution in [2.24, 2.45) is 4.99 Å². The second-order valence-electron chi connectivity index (χ2n) is 5.35. The molecule has 0 spiro atoms. The minimum atomic E-state index is 0.332. The Morgan fingerprint density at radius 2 is 2.25 bits per heavy atom. The van der Waals surface area contributed by atoms with Crippen molar-refractivity contribution < 1.29 is 4.74 Å². The highest BCUT2D eigenvalue weighted by Crippen LogP contribution is 2.12. The predicted octanol–water partition coefficient (Wildman–Crippen LogP) is 2.18. The van der Waals surface area contributed by atoms with E-state index in [-0.39, 0.29) is 0 Å². The second-order valence-corrected chi connectivity index (χ2v) is 5.35. The van der Waals surface area contributed by atoms with Crippen molar-refractivity contribution in [3.8, 4) is 0 Å². The van der Waals surface area contributed by atoms with Gasteiger partial charge >= 0.3 is 0 Å². The SMILES string of the molecule is CN=C(NCC1CCCO1)N(C)Cc1ccccc1C. The number of aryl methyl sites for hydroxylation is 1. The molecule has 4 heteroatoms. The first-order valence-electron chi connectivity index (χ1n) is 7.28. The Hall–Kier alpha value is -1.55. The summed E-state index contributed by atoms with van der Waals surface area (Å²) in [5.74, 6) is 0.920. The fourth-order valence-electron chi connectivity index (χ4n) is 2.51. The normalized spacial score (nSPS) is 19.1. The first-order valence-corrected chi connectivity index (χ1v) is 7.28. The second kappa shape index (κ2) is 7.29. The highest BCUT2D eigenvalue weighted by atomic mass is 16.5. The van der Waals surface area contributed by atoms with E-state index in [0.29, 0.717) is 6.10 Å². The van der Waals surface area contributed by atoms with Gasteiger partial charge in [0.25, 0.3) is 0 Å². The Bertz CT molecular complexity index is 453. The summed E-state index contributed by atoms with van der Waals surface area (Å²) < 4.78 is 5.63. The van der Waals surface area contributed by atoms with Gasteiger partial charge in [-0.05, 0) is 30.9 Å². The molecular weight excluding hydrogens is 250 g/mol. The lowest BCUT2D eigenvalue weighted by molar-refractivity contribution is 0.113. The summed E-state index contributed by atoms with van der Waals surface area (Å²) in [6.45, 7) is 4.73. The van der Waals surface area contributed by atoms with Gasteiger partial charge < -0.3 is 15.0 Å². The van der Waals surface area contributed by atoms with E-state index in [9.17, 15) is 0 Å². The number of rotatable bonds is 4. The Morgan fingerprint density at radius 3 is 2.90 bits per heavy atom. The Kier molecular flexibility index (Phi) is 5.41. The van der Waals surface area contributed by atoms with Crippen LogP contribution in [-0.2, 0) is 11.3 Å². The quantitative estimate of drug-likeness (QED) is 0.676. The fraction of sp³-hybridized carbons (Fsp3) is 0.562. The molecule has 1 aliphatic heterocycles. The van der Waals surface area contributed by atoms with Gasteiger partial charge in [0, 0.05) is 33.8 Å². The zero-order valence-electron chi connectivity index (χ0n) is 12.7. The lowest BCUT2D eigenvalue weighted by Gasteiger charge is -2.24. The topological polar surface area (TPSA) is 36.9 Å². The summed E-state index contributed by atoms with van der Waals surface area (Å²) >= 11 is 0. The van der Waals surface area contributed by atoms with Crippen LogP contribution in [0.5, 0.6) is 0 Å². The van der Waals surface area contributed by atoms with Crippen LogP contribution in [0.15, 0.2) is 29.3 Å². The number of hydrogen-bond donors (Lipinski definition) is 1. The third kappa shape index (κ3) is 3.97. The van der Waals surface area contributed by atoms with E-state index in [1.807, 2.05) is 7.05 Å². The molecule has 1 heterocycles. The van der Waals surface area contributed by atoms with Crippen LogP contribution in [-0.4, -0.2) is 44.2 Å². The summed E-state index contributed by atoms with van der Waals surface area (Å²) in [5.41, 5.74) is 2.64. The molecule has 0 bridgehead atoms. The number of guanidine groups is 1. The molecule has 0 radical (unpaired) electrons. The fourth-order valence-corrected chi connectivity index (χ4v) is 2.51. The summed E-state index contributed by atoms with van der Waals surface area (Å²) in [7, 11) is 3.89. The highest BCUT2D eigenvalue weighted by Gasteiger charge is 2.16. The van der Waals surface area contributed by atoms with Crippen LogP contribution in [0.1, 0.15) is 24.0 Å². The van der Waals surface area contributed by atoms with E-state index < -0.39 is 0 Å². The summed E-state index contributed by atoms with van der Waals surface area (Å²) in [6, 6.07) is 8.47. The van der Waals surface area contributed by atoms with Crippen LogP contribution in [0.4, 0.5) is 0 Å². The van der Waals surface area contributed by atoms with Crippen LogP contribution in [0.3, 0.4) is 0 Å². The molecule has 0 aromatic heterocycles. The highest BCUT2D eigenvalue weighted by molar-refractivity contribution is 5.79. The van der Waals surface area contributed by atoms with Crippen molar-refractivity contribution in [2.45, 2.75) is 32.4 Å². The van der Waals surface area contributed by atoms with Crippen molar-refractivity contribution in [3.63, 3.8) is 0 Å². The monoisotopic (exact) mass is 275 g/mol. The molecule has 4 nitrogen and oxygen atoms in total. The molecule has 0 amide bonds. The molecule has 1 saturated heterocycles. The van der Waals surface area contributed by atoms with Crippen LogP contribution in [0.2, 0.25) is 0 Å². The molecule has 1 N–H and O–H groups in total. The lowest BCUT2D eigenvalue weighted by Crippen LogP contribution is -2.41. The molecule has 1 atom stereocenters. The van der Waals surface area contributed by atoms with Crippen molar-refractivity contribution >= 4 is 5.96 Å². The van der Waals surface area contributed by atoms with Gasteiger partial charge in [-0.3, -0.25) is 4.99 Å². The largest absolute Gasteiger partial charge is 0.376 e. The minimum Gasteiger partial charge on any atom is -0.376 e. The lowest BCUT2D eigenvalue weighted by atomic mass is 10.1. The third-order valence-electron chi connectivity index (χ3n) is 3.75. The predicted molar refractivity (Wildman–Crippen MR) is 83.0 cm³/mol.